The summed E-state index contributed by atoms with van der Waals surface area (Å²) in [5.41, 5.74) is 3.37. The van der Waals surface area contributed by atoms with Crippen molar-refractivity contribution >= 4 is 0 Å². The van der Waals surface area contributed by atoms with Gasteiger partial charge in [-0.25, -0.2) is 0 Å². The minimum atomic E-state index is 0.759. The van der Waals surface area contributed by atoms with E-state index < -0.39 is 0 Å². The second-order valence-corrected chi connectivity index (χ2v) is 4.36. The maximum Gasteiger partial charge on any atom is -0.0198 e. The van der Waals surface area contributed by atoms with Crippen LogP contribution < -0.4 is 0 Å². The lowest BCUT2D eigenvalue weighted by Gasteiger charge is -2.17. The van der Waals surface area contributed by atoms with Gasteiger partial charge in [-0.2, -0.15) is 0 Å². The summed E-state index contributed by atoms with van der Waals surface area (Å²) in [5, 5.41) is 0. The van der Waals surface area contributed by atoms with Crippen molar-refractivity contribution in [3.05, 3.63) is 11.1 Å². The molecule has 0 aliphatic heterocycles. The van der Waals surface area contributed by atoms with Gasteiger partial charge in [0.15, 0.2) is 0 Å². The van der Waals surface area contributed by atoms with Crippen molar-refractivity contribution in [1.29, 1.82) is 0 Å². The molecule has 0 fully saturated rings. The first kappa shape index (κ1) is 8.83. The first-order valence-corrected chi connectivity index (χ1v) is 4.73. The number of hydrogen-bond donors (Lipinski definition) is 0. The number of hydrogen-bond acceptors (Lipinski definition) is 0. The first-order chi connectivity index (χ1) is 5.04. The second kappa shape index (κ2) is 3.00. The van der Waals surface area contributed by atoms with E-state index >= 15 is 0 Å². The second-order valence-electron chi connectivity index (χ2n) is 4.36. The standard InChI is InChI=1S/C11H20/c1-7(2)11-9(4)6-8(3)10(11)5/h7-8,10H,6H2,1-5H3. The van der Waals surface area contributed by atoms with Gasteiger partial charge in [-0.1, -0.05) is 38.8 Å². The van der Waals surface area contributed by atoms with Gasteiger partial charge in [0.25, 0.3) is 0 Å². The molecular formula is C11H20. The van der Waals surface area contributed by atoms with E-state index in [1.807, 2.05) is 0 Å². The first-order valence-electron chi connectivity index (χ1n) is 4.73. The van der Waals surface area contributed by atoms with Crippen LogP contribution >= 0.6 is 0 Å². The van der Waals surface area contributed by atoms with Crippen molar-refractivity contribution in [3.8, 4) is 0 Å². The van der Waals surface area contributed by atoms with Crippen LogP contribution in [0.3, 0.4) is 0 Å². The molecule has 0 aromatic heterocycles. The molecular weight excluding hydrogens is 132 g/mol. The van der Waals surface area contributed by atoms with Gasteiger partial charge in [-0.05, 0) is 31.1 Å². The molecule has 1 aliphatic carbocycles. The largest absolute Gasteiger partial charge is 0.0733 e. The summed E-state index contributed by atoms with van der Waals surface area (Å²) in [7, 11) is 0. The highest BCUT2D eigenvalue weighted by Crippen LogP contribution is 2.39. The molecule has 0 saturated heterocycles. The molecule has 64 valence electrons. The van der Waals surface area contributed by atoms with E-state index in [9.17, 15) is 0 Å². The van der Waals surface area contributed by atoms with Gasteiger partial charge < -0.3 is 0 Å². The predicted octanol–water partition coefficient (Wildman–Crippen LogP) is 3.63. The van der Waals surface area contributed by atoms with Crippen LogP contribution in [0.25, 0.3) is 0 Å². The summed E-state index contributed by atoms with van der Waals surface area (Å²) >= 11 is 0. The molecule has 0 aromatic rings. The van der Waals surface area contributed by atoms with Crippen molar-refractivity contribution < 1.29 is 0 Å². The minimum absolute atomic E-state index is 0.759. The number of allylic oxidation sites excluding steroid dienone is 2. The molecule has 0 heteroatoms. The molecule has 0 saturated carbocycles. The summed E-state index contributed by atoms with van der Waals surface area (Å²) in [5.74, 6) is 2.47. The molecule has 2 unspecified atom stereocenters. The number of rotatable bonds is 1. The normalized spacial score (nSPS) is 32.2. The molecule has 1 rings (SSSR count). The van der Waals surface area contributed by atoms with Gasteiger partial charge in [0.05, 0.1) is 0 Å². The summed E-state index contributed by atoms with van der Waals surface area (Å²) < 4.78 is 0. The Morgan fingerprint density at radius 3 is 2.00 bits per heavy atom. The molecule has 0 heterocycles. The summed E-state index contributed by atoms with van der Waals surface area (Å²) in [6.07, 6.45) is 1.33. The van der Waals surface area contributed by atoms with Crippen molar-refractivity contribution in [1.82, 2.24) is 0 Å². The molecule has 0 N–H and O–H groups in total. The van der Waals surface area contributed by atoms with Gasteiger partial charge in [0.1, 0.15) is 0 Å². The third-order valence-electron chi connectivity index (χ3n) is 3.09. The fourth-order valence-corrected chi connectivity index (χ4v) is 2.49. The van der Waals surface area contributed by atoms with E-state index in [1.165, 1.54) is 6.42 Å². The molecule has 0 aromatic carbocycles. The third-order valence-corrected chi connectivity index (χ3v) is 3.09. The lowest BCUT2D eigenvalue weighted by Crippen LogP contribution is -2.07. The van der Waals surface area contributed by atoms with E-state index in [4.69, 9.17) is 0 Å². The lowest BCUT2D eigenvalue weighted by molar-refractivity contribution is 0.454. The van der Waals surface area contributed by atoms with Crippen LogP contribution in [0.15, 0.2) is 11.1 Å². The fraction of sp³-hybridized carbons (Fsp3) is 0.818. The predicted molar refractivity (Wildman–Crippen MR) is 50.5 cm³/mol. The van der Waals surface area contributed by atoms with Gasteiger partial charge in [-0.15, -0.1) is 0 Å². The van der Waals surface area contributed by atoms with Crippen molar-refractivity contribution in [2.24, 2.45) is 17.8 Å². The third kappa shape index (κ3) is 1.50. The maximum absolute atomic E-state index is 2.37. The topological polar surface area (TPSA) is 0 Å². The van der Waals surface area contributed by atoms with Gasteiger partial charge in [0.2, 0.25) is 0 Å². The quantitative estimate of drug-likeness (QED) is 0.503. The Bertz CT molecular complexity index is 174. The van der Waals surface area contributed by atoms with Crippen LogP contribution in [-0.4, -0.2) is 0 Å². The molecule has 0 amide bonds. The zero-order valence-electron chi connectivity index (χ0n) is 8.44. The highest BCUT2D eigenvalue weighted by molar-refractivity contribution is 5.23. The van der Waals surface area contributed by atoms with Gasteiger partial charge >= 0.3 is 0 Å². The van der Waals surface area contributed by atoms with Crippen LogP contribution in [0, 0.1) is 17.8 Å². The molecule has 0 radical (unpaired) electrons. The lowest BCUT2D eigenvalue weighted by atomic mass is 9.88. The van der Waals surface area contributed by atoms with Crippen molar-refractivity contribution in [2.45, 2.75) is 41.0 Å². The smallest absolute Gasteiger partial charge is 0.0198 e. The molecule has 2 atom stereocenters. The average molecular weight is 152 g/mol. The fourth-order valence-electron chi connectivity index (χ4n) is 2.49. The Hall–Kier alpha value is -0.260. The molecule has 1 aliphatic rings. The highest BCUT2D eigenvalue weighted by Gasteiger charge is 2.27. The zero-order chi connectivity index (χ0) is 8.59. The molecule has 0 nitrogen and oxygen atoms in total. The van der Waals surface area contributed by atoms with E-state index in [-0.39, 0.29) is 0 Å². The van der Waals surface area contributed by atoms with Crippen LogP contribution in [0.2, 0.25) is 0 Å². The van der Waals surface area contributed by atoms with Crippen LogP contribution in [0.4, 0.5) is 0 Å². The Morgan fingerprint density at radius 1 is 1.27 bits per heavy atom. The van der Waals surface area contributed by atoms with E-state index in [2.05, 4.69) is 34.6 Å². The monoisotopic (exact) mass is 152 g/mol. The van der Waals surface area contributed by atoms with E-state index in [0.29, 0.717) is 0 Å². The van der Waals surface area contributed by atoms with Gasteiger partial charge in [0, 0.05) is 0 Å². The maximum atomic E-state index is 2.37. The Balaban J connectivity index is 2.83. The SMILES string of the molecule is CC1=C(C(C)C)C(C)C(C)C1. The van der Waals surface area contributed by atoms with Crippen LogP contribution in [0.1, 0.15) is 41.0 Å². The zero-order valence-corrected chi connectivity index (χ0v) is 8.44. The Labute approximate surface area is 70.7 Å². The summed E-state index contributed by atoms with van der Waals surface area (Å²) in [6.45, 7) is 11.7. The summed E-state index contributed by atoms with van der Waals surface area (Å²) in [4.78, 5) is 0. The Kier molecular flexibility index (Phi) is 2.41. The highest BCUT2D eigenvalue weighted by atomic mass is 14.3. The average Bonchev–Trinajstić information content (AvgIpc) is 2.07. The van der Waals surface area contributed by atoms with E-state index in [0.717, 1.165) is 17.8 Å². The van der Waals surface area contributed by atoms with Crippen molar-refractivity contribution in [3.63, 3.8) is 0 Å². The molecule has 11 heavy (non-hydrogen) atoms. The van der Waals surface area contributed by atoms with Crippen molar-refractivity contribution in [2.75, 3.05) is 0 Å². The van der Waals surface area contributed by atoms with E-state index in [1.54, 1.807) is 11.1 Å². The van der Waals surface area contributed by atoms with Gasteiger partial charge in [-0.3, -0.25) is 0 Å². The molecule has 0 spiro atoms. The van der Waals surface area contributed by atoms with Crippen LogP contribution in [-0.2, 0) is 0 Å². The molecule has 0 bridgehead atoms. The summed E-state index contributed by atoms with van der Waals surface area (Å²) in [6, 6.07) is 0. The minimum Gasteiger partial charge on any atom is -0.0733 e. The Morgan fingerprint density at radius 2 is 1.82 bits per heavy atom. The van der Waals surface area contributed by atoms with Crippen LogP contribution in [0.5, 0.6) is 0 Å².